The van der Waals surface area contributed by atoms with Gasteiger partial charge >= 0.3 is 0 Å². The molecule has 4 aliphatic heterocycles. The SMILES string of the molecule is COCCN1[C@@H]2CCN(Cc3ccc4c(c3)CCO4)C[C@@]2(C(=O)N2CCOCC2)CCS1(=O)=O. The number of benzene rings is 1. The van der Waals surface area contributed by atoms with Gasteiger partial charge in [-0.1, -0.05) is 12.1 Å². The van der Waals surface area contributed by atoms with Crippen molar-refractivity contribution in [3.05, 3.63) is 29.3 Å². The van der Waals surface area contributed by atoms with Gasteiger partial charge in [0.2, 0.25) is 15.9 Å². The number of fused-ring (bicyclic) bond motifs is 2. The van der Waals surface area contributed by atoms with E-state index in [0.717, 1.165) is 31.9 Å². The zero-order chi connectivity index (χ0) is 23.8. The predicted octanol–water partition coefficient (Wildman–Crippen LogP) is 0.723. The highest BCUT2D eigenvalue weighted by atomic mass is 32.2. The number of morpholine rings is 1. The van der Waals surface area contributed by atoms with Crippen LogP contribution >= 0.6 is 0 Å². The molecule has 0 spiro atoms. The van der Waals surface area contributed by atoms with Crippen LogP contribution in [0.25, 0.3) is 0 Å². The summed E-state index contributed by atoms with van der Waals surface area (Å²) in [5.41, 5.74) is 1.69. The minimum atomic E-state index is -3.43. The van der Waals surface area contributed by atoms with E-state index in [1.165, 1.54) is 11.1 Å². The van der Waals surface area contributed by atoms with Crippen LogP contribution < -0.4 is 4.74 Å². The lowest BCUT2D eigenvalue weighted by Gasteiger charge is -2.54. The second-order valence-corrected chi connectivity index (χ2v) is 11.8. The summed E-state index contributed by atoms with van der Waals surface area (Å²) in [6, 6.07) is 6.00. The van der Waals surface area contributed by atoms with Gasteiger partial charge in [-0.25, -0.2) is 8.42 Å². The Hall–Kier alpha value is -1.72. The first-order valence-corrected chi connectivity index (χ1v) is 13.9. The third-order valence-electron chi connectivity index (χ3n) is 7.77. The van der Waals surface area contributed by atoms with Crippen LogP contribution in [0.2, 0.25) is 0 Å². The molecule has 34 heavy (non-hydrogen) atoms. The molecule has 0 unspecified atom stereocenters. The molecule has 0 saturated carbocycles. The number of likely N-dealkylation sites (tertiary alicyclic amines) is 1. The first-order valence-electron chi connectivity index (χ1n) is 12.3. The number of ether oxygens (including phenoxy) is 3. The fourth-order valence-electron chi connectivity index (χ4n) is 6.06. The summed E-state index contributed by atoms with van der Waals surface area (Å²) >= 11 is 0. The summed E-state index contributed by atoms with van der Waals surface area (Å²) in [5, 5.41) is 0. The maximum Gasteiger partial charge on any atom is 0.231 e. The van der Waals surface area contributed by atoms with Crippen LogP contribution in [-0.4, -0.2) is 106 Å². The first-order chi connectivity index (χ1) is 16.4. The number of carbonyl (C=O) groups excluding carboxylic acids is 1. The van der Waals surface area contributed by atoms with Gasteiger partial charge < -0.3 is 19.1 Å². The molecule has 2 atom stereocenters. The van der Waals surface area contributed by atoms with Gasteiger partial charge in [0, 0.05) is 58.8 Å². The van der Waals surface area contributed by atoms with Gasteiger partial charge in [-0.3, -0.25) is 9.69 Å². The van der Waals surface area contributed by atoms with Crippen molar-refractivity contribution in [2.24, 2.45) is 5.41 Å². The molecule has 10 heteroatoms. The Kier molecular flexibility index (Phi) is 6.87. The number of methoxy groups -OCH3 is 1. The molecule has 0 radical (unpaired) electrons. The standard InChI is InChI=1S/C24H35N3O6S/c1-31-12-10-27-22-4-7-25(17-19-2-3-21-20(16-19)5-11-33-21)18-24(22,6-15-34(27,29)30)23(28)26-8-13-32-14-9-26/h2-3,16,22H,4-15,17-18H2,1H3/t22-,24+/m1/s1. The van der Waals surface area contributed by atoms with E-state index in [4.69, 9.17) is 14.2 Å². The van der Waals surface area contributed by atoms with E-state index in [1.54, 1.807) is 11.4 Å². The van der Waals surface area contributed by atoms with E-state index < -0.39 is 15.4 Å². The first kappa shape index (κ1) is 24.0. The second kappa shape index (κ2) is 9.73. The lowest BCUT2D eigenvalue weighted by atomic mass is 9.71. The number of nitrogens with zero attached hydrogens (tertiary/aromatic N) is 3. The van der Waals surface area contributed by atoms with Crippen molar-refractivity contribution in [3.63, 3.8) is 0 Å². The number of amides is 1. The molecule has 1 aromatic rings. The minimum absolute atomic E-state index is 0.00663. The molecule has 9 nitrogen and oxygen atoms in total. The highest BCUT2D eigenvalue weighted by molar-refractivity contribution is 7.89. The molecule has 4 aliphatic rings. The van der Waals surface area contributed by atoms with E-state index in [0.29, 0.717) is 52.3 Å². The molecule has 0 aliphatic carbocycles. The lowest BCUT2D eigenvalue weighted by Crippen LogP contribution is -2.69. The molecule has 1 aromatic carbocycles. The lowest BCUT2D eigenvalue weighted by molar-refractivity contribution is -0.155. The zero-order valence-electron chi connectivity index (χ0n) is 19.9. The Balaban J connectivity index is 1.43. The van der Waals surface area contributed by atoms with Crippen LogP contribution in [0.3, 0.4) is 0 Å². The highest BCUT2D eigenvalue weighted by Gasteiger charge is 2.58. The fourth-order valence-corrected chi connectivity index (χ4v) is 7.96. The average molecular weight is 494 g/mol. The normalized spacial score (nSPS) is 29.3. The summed E-state index contributed by atoms with van der Waals surface area (Å²) in [6.07, 6.45) is 1.91. The van der Waals surface area contributed by atoms with E-state index in [1.807, 2.05) is 11.0 Å². The quantitative estimate of drug-likeness (QED) is 0.577. The third-order valence-corrected chi connectivity index (χ3v) is 9.65. The average Bonchev–Trinajstić information content (AvgIpc) is 3.31. The Bertz CT molecular complexity index is 1010. The van der Waals surface area contributed by atoms with Crippen molar-refractivity contribution in [1.82, 2.24) is 14.1 Å². The molecular weight excluding hydrogens is 458 g/mol. The number of piperidine rings is 1. The van der Waals surface area contributed by atoms with Crippen LogP contribution in [0.15, 0.2) is 18.2 Å². The Morgan fingerprint density at radius 3 is 2.82 bits per heavy atom. The molecule has 0 aromatic heterocycles. The largest absolute Gasteiger partial charge is 0.493 e. The van der Waals surface area contributed by atoms with Crippen LogP contribution in [0.4, 0.5) is 0 Å². The van der Waals surface area contributed by atoms with Crippen LogP contribution in [0.5, 0.6) is 5.75 Å². The van der Waals surface area contributed by atoms with Gasteiger partial charge in [0.1, 0.15) is 5.75 Å². The van der Waals surface area contributed by atoms with E-state index in [-0.39, 0.29) is 24.2 Å². The fraction of sp³-hybridized carbons (Fsp3) is 0.708. The molecule has 3 saturated heterocycles. The van der Waals surface area contributed by atoms with Gasteiger partial charge in [-0.2, -0.15) is 4.31 Å². The molecule has 0 N–H and O–H groups in total. The molecule has 188 valence electrons. The van der Waals surface area contributed by atoms with Crippen molar-refractivity contribution in [3.8, 4) is 5.75 Å². The monoisotopic (exact) mass is 493 g/mol. The maximum atomic E-state index is 14.1. The van der Waals surface area contributed by atoms with Gasteiger partial charge in [0.05, 0.1) is 37.6 Å². The Morgan fingerprint density at radius 2 is 2.03 bits per heavy atom. The number of hydrogen-bond acceptors (Lipinski definition) is 7. The number of carbonyl (C=O) groups is 1. The van der Waals surface area contributed by atoms with Crippen LogP contribution in [-0.2, 0) is 37.3 Å². The molecule has 1 amide bonds. The summed E-state index contributed by atoms with van der Waals surface area (Å²) in [5.74, 6) is 1.03. The summed E-state index contributed by atoms with van der Waals surface area (Å²) in [7, 11) is -1.85. The van der Waals surface area contributed by atoms with Crippen molar-refractivity contribution in [1.29, 1.82) is 0 Å². The second-order valence-electron chi connectivity index (χ2n) is 9.79. The van der Waals surface area contributed by atoms with Crippen molar-refractivity contribution >= 4 is 15.9 Å². The molecule has 4 heterocycles. The Morgan fingerprint density at radius 1 is 1.21 bits per heavy atom. The van der Waals surface area contributed by atoms with E-state index in [2.05, 4.69) is 17.0 Å². The van der Waals surface area contributed by atoms with E-state index in [9.17, 15) is 13.2 Å². The highest BCUT2D eigenvalue weighted by Crippen LogP contribution is 2.44. The Labute approximate surface area is 202 Å². The van der Waals surface area contributed by atoms with Gasteiger partial charge in [0.15, 0.2) is 0 Å². The molecule has 5 rings (SSSR count). The number of hydrogen-bond donors (Lipinski definition) is 0. The zero-order valence-corrected chi connectivity index (χ0v) is 20.7. The topological polar surface area (TPSA) is 88.6 Å². The molecule has 0 bridgehead atoms. The van der Waals surface area contributed by atoms with Gasteiger partial charge in [-0.05, 0) is 30.0 Å². The molecular formula is C24H35N3O6S. The number of rotatable bonds is 6. The predicted molar refractivity (Wildman–Crippen MR) is 126 cm³/mol. The summed E-state index contributed by atoms with van der Waals surface area (Å²) < 4.78 is 44.0. The van der Waals surface area contributed by atoms with Crippen molar-refractivity contribution in [2.75, 3.05) is 72.0 Å². The van der Waals surface area contributed by atoms with E-state index >= 15 is 0 Å². The third kappa shape index (κ3) is 4.46. The van der Waals surface area contributed by atoms with Crippen molar-refractivity contribution < 1.29 is 27.4 Å². The van der Waals surface area contributed by atoms with Crippen LogP contribution in [0.1, 0.15) is 24.0 Å². The van der Waals surface area contributed by atoms with Crippen LogP contribution in [0, 0.1) is 5.41 Å². The smallest absolute Gasteiger partial charge is 0.231 e. The maximum absolute atomic E-state index is 14.1. The summed E-state index contributed by atoms with van der Waals surface area (Å²) in [6.45, 7) is 5.54. The minimum Gasteiger partial charge on any atom is -0.493 e. The van der Waals surface area contributed by atoms with Gasteiger partial charge in [-0.15, -0.1) is 0 Å². The number of sulfonamides is 1. The molecule has 3 fully saturated rings. The van der Waals surface area contributed by atoms with Gasteiger partial charge in [0.25, 0.3) is 0 Å². The summed E-state index contributed by atoms with van der Waals surface area (Å²) in [4.78, 5) is 18.3. The van der Waals surface area contributed by atoms with Crippen molar-refractivity contribution in [2.45, 2.75) is 31.8 Å².